The highest BCUT2D eigenvalue weighted by atomic mass is 32.2. The summed E-state index contributed by atoms with van der Waals surface area (Å²) >= 11 is 0. The molecule has 0 aromatic carbocycles. The van der Waals surface area contributed by atoms with Crippen LogP contribution in [-0.2, 0) is 14.6 Å². The number of amides is 1. The first-order valence-corrected chi connectivity index (χ1v) is 8.90. The van der Waals surface area contributed by atoms with Gasteiger partial charge in [0.25, 0.3) is 0 Å². The maximum atomic E-state index is 11.8. The van der Waals surface area contributed by atoms with Crippen molar-refractivity contribution in [2.24, 2.45) is 16.9 Å². The summed E-state index contributed by atoms with van der Waals surface area (Å²) in [5.41, 5.74) is 2.38. The van der Waals surface area contributed by atoms with E-state index in [0.29, 0.717) is 24.0 Å². The quantitative estimate of drug-likeness (QED) is 0.670. The maximum absolute atomic E-state index is 11.8. The lowest BCUT2D eigenvalue weighted by atomic mass is 10.1. The average molecular weight is 310 g/mol. The van der Waals surface area contributed by atoms with Crippen molar-refractivity contribution in [3.63, 3.8) is 0 Å². The Kier molecular flexibility index (Phi) is 3.61. The number of hydrogen-bond donors (Lipinski definition) is 1. The Balaban J connectivity index is 1.52. The highest BCUT2D eigenvalue weighted by molar-refractivity contribution is 7.91. The number of carbonyl (C=O) groups is 1. The zero-order valence-electron chi connectivity index (χ0n) is 11.8. The summed E-state index contributed by atoms with van der Waals surface area (Å²) in [6.45, 7) is 2.18. The van der Waals surface area contributed by atoms with Crippen molar-refractivity contribution in [2.75, 3.05) is 11.5 Å². The molecule has 2 fully saturated rings. The van der Waals surface area contributed by atoms with Gasteiger partial charge in [-0.3, -0.25) is 4.79 Å². The highest BCUT2D eigenvalue weighted by Crippen LogP contribution is 2.47. The first-order chi connectivity index (χ1) is 9.94. The van der Waals surface area contributed by atoms with Crippen molar-refractivity contribution in [1.29, 1.82) is 0 Å². The fraction of sp³-hybridized carbons (Fsp3) is 0.571. The second kappa shape index (κ2) is 5.29. The molecular weight excluding hydrogens is 292 g/mol. The van der Waals surface area contributed by atoms with Gasteiger partial charge in [-0.15, -0.1) is 0 Å². The number of hydrazone groups is 1. The zero-order valence-corrected chi connectivity index (χ0v) is 12.6. The Hall–Kier alpha value is -1.63. The molecule has 1 aromatic heterocycles. The molecule has 0 spiro atoms. The fourth-order valence-corrected chi connectivity index (χ4v) is 4.35. The molecule has 7 heteroatoms. The normalized spacial score (nSPS) is 30.6. The smallest absolute Gasteiger partial charge is 0.244 e. The summed E-state index contributed by atoms with van der Waals surface area (Å²) in [4.78, 5) is 11.8. The monoisotopic (exact) mass is 310 g/mol. The lowest BCUT2D eigenvalue weighted by Crippen LogP contribution is -2.27. The number of hydrogen-bond acceptors (Lipinski definition) is 5. The summed E-state index contributed by atoms with van der Waals surface area (Å²) in [7, 11) is -3.05. The predicted octanol–water partition coefficient (Wildman–Crippen LogP) is 1.29. The first kappa shape index (κ1) is 14.3. The molecule has 3 rings (SSSR count). The van der Waals surface area contributed by atoms with Gasteiger partial charge in [-0.05, 0) is 30.9 Å². The van der Waals surface area contributed by atoms with Crippen LogP contribution in [0.5, 0.6) is 0 Å². The second-order valence-corrected chi connectivity index (χ2v) is 8.12. The van der Waals surface area contributed by atoms with E-state index in [2.05, 4.69) is 17.5 Å². The van der Waals surface area contributed by atoms with Crippen LogP contribution in [0, 0.1) is 11.8 Å². The molecule has 1 amide bonds. The van der Waals surface area contributed by atoms with Gasteiger partial charge in [0.05, 0.1) is 23.6 Å². The number of carbonyl (C=O) groups excluding carboxylic acids is 1. The largest absolute Gasteiger partial charge is 0.460 e. The Morgan fingerprint density at radius 3 is 2.86 bits per heavy atom. The SMILES string of the molecule is C[C@H]1C[C@@H]1c1ccc(/C=N\NC(=O)[C@@H]2CCS(=O)(=O)C2)o1. The number of nitrogens with one attached hydrogen (secondary N) is 1. The Morgan fingerprint density at radius 1 is 1.48 bits per heavy atom. The van der Waals surface area contributed by atoms with Crippen LogP contribution in [0.3, 0.4) is 0 Å². The van der Waals surface area contributed by atoms with Crippen LogP contribution < -0.4 is 5.43 Å². The van der Waals surface area contributed by atoms with Gasteiger partial charge in [-0.2, -0.15) is 5.10 Å². The molecule has 114 valence electrons. The molecule has 2 heterocycles. The molecule has 0 unspecified atom stereocenters. The van der Waals surface area contributed by atoms with Crippen molar-refractivity contribution >= 4 is 22.0 Å². The molecule has 1 aliphatic carbocycles. The van der Waals surface area contributed by atoms with E-state index in [-0.39, 0.29) is 17.4 Å². The van der Waals surface area contributed by atoms with Crippen molar-refractivity contribution < 1.29 is 17.6 Å². The van der Waals surface area contributed by atoms with Gasteiger partial charge in [0.15, 0.2) is 9.84 Å². The molecule has 21 heavy (non-hydrogen) atoms. The average Bonchev–Trinajstić information content (AvgIpc) is 2.85. The minimum absolute atomic E-state index is 0.0793. The van der Waals surface area contributed by atoms with Crippen LogP contribution >= 0.6 is 0 Å². The minimum atomic E-state index is -3.05. The molecular formula is C14H18N2O4S. The van der Waals surface area contributed by atoms with Crippen LogP contribution in [0.15, 0.2) is 21.7 Å². The van der Waals surface area contributed by atoms with Crippen LogP contribution in [0.1, 0.15) is 37.2 Å². The van der Waals surface area contributed by atoms with E-state index < -0.39 is 15.8 Å². The third-order valence-electron chi connectivity index (χ3n) is 4.09. The molecule has 1 aliphatic heterocycles. The van der Waals surface area contributed by atoms with E-state index in [1.165, 1.54) is 6.21 Å². The first-order valence-electron chi connectivity index (χ1n) is 7.08. The van der Waals surface area contributed by atoms with Gasteiger partial charge >= 0.3 is 0 Å². The molecule has 0 radical (unpaired) electrons. The molecule has 2 aliphatic rings. The van der Waals surface area contributed by atoms with Gasteiger partial charge < -0.3 is 4.42 Å². The van der Waals surface area contributed by atoms with Crippen molar-refractivity contribution in [1.82, 2.24) is 5.43 Å². The highest BCUT2D eigenvalue weighted by Gasteiger charge is 2.36. The third kappa shape index (κ3) is 3.34. The number of furan rings is 1. The Bertz CT molecular complexity index is 677. The van der Waals surface area contributed by atoms with Crippen molar-refractivity contribution in [2.45, 2.75) is 25.7 Å². The fourth-order valence-electron chi connectivity index (χ4n) is 2.61. The van der Waals surface area contributed by atoms with Crippen LogP contribution in [0.25, 0.3) is 0 Å². The van der Waals surface area contributed by atoms with Gasteiger partial charge in [-0.1, -0.05) is 6.92 Å². The third-order valence-corrected chi connectivity index (χ3v) is 5.86. The van der Waals surface area contributed by atoms with E-state index in [1.54, 1.807) is 0 Å². The Morgan fingerprint density at radius 2 is 2.24 bits per heavy atom. The molecule has 1 saturated carbocycles. The zero-order chi connectivity index (χ0) is 15.0. The molecule has 1 saturated heterocycles. The number of rotatable bonds is 4. The van der Waals surface area contributed by atoms with Crippen LogP contribution in [0.2, 0.25) is 0 Å². The van der Waals surface area contributed by atoms with E-state index in [0.717, 1.165) is 12.2 Å². The lowest BCUT2D eigenvalue weighted by Gasteiger charge is -2.04. The molecule has 3 atom stereocenters. The molecule has 1 N–H and O–H groups in total. The van der Waals surface area contributed by atoms with Gasteiger partial charge in [0, 0.05) is 5.92 Å². The van der Waals surface area contributed by atoms with Crippen molar-refractivity contribution in [3.05, 3.63) is 23.7 Å². The van der Waals surface area contributed by atoms with Crippen LogP contribution in [0.4, 0.5) is 0 Å². The lowest BCUT2D eigenvalue weighted by molar-refractivity contribution is -0.124. The van der Waals surface area contributed by atoms with E-state index in [1.807, 2.05) is 12.1 Å². The number of sulfone groups is 1. The summed E-state index contributed by atoms with van der Waals surface area (Å²) in [6, 6.07) is 3.75. The second-order valence-electron chi connectivity index (χ2n) is 5.89. The van der Waals surface area contributed by atoms with Crippen molar-refractivity contribution in [3.8, 4) is 0 Å². The predicted molar refractivity (Wildman–Crippen MR) is 77.7 cm³/mol. The molecule has 1 aromatic rings. The Labute approximate surface area is 123 Å². The summed E-state index contributed by atoms with van der Waals surface area (Å²) < 4.78 is 28.2. The number of nitrogens with zero attached hydrogens (tertiary/aromatic N) is 1. The molecule has 6 nitrogen and oxygen atoms in total. The minimum Gasteiger partial charge on any atom is -0.460 e. The summed E-state index contributed by atoms with van der Waals surface area (Å²) in [6.07, 6.45) is 2.96. The van der Waals surface area contributed by atoms with Crippen LogP contribution in [-0.4, -0.2) is 32.0 Å². The van der Waals surface area contributed by atoms with Gasteiger partial charge in [-0.25, -0.2) is 13.8 Å². The summed E-state index contributed by atoms with van der Waals surface area (Å²) in [5.74, 6) is 1.87. The van der Waals surface area contributed by atoms with Gasteiger partial charge in [0.1, 0.15) is 11.5 Å². The van der Waals surface area contributed by atoms with E-state index in [9.17, 15) is 13.2 Å². The van der Waals surface area contributed by atoms with E-state index in [4.69, 9.17) is 4.42 Å². The van der Waals surface area contributed by atoms with E-state index >= 15 is 0 Å². The molecule has 0 bridgehead atoms. The summed E-state index contributed by atoms with van der Waals surface area (Å²) in [5, 5.41) is 3.83. The van der Waals surface area contributed by atoms with Gasteiger partial charge in [0.2, 0.25) is 5.91 Å². The standard InChI is InChI=1S/C14H18N2O4S/c1-9-6-12(9)13-3-2-11(20-13)7-15-16-14(17)10-4-5-21(18,19)8-10/h2-3,7,9-10,12H,4-6,8H2,1H3,(H,16,17)/b15-7-/t9-,10+,12-/m0/s1. The topological polar surface area (TPSA) is 88.7 Å². The maximum Gasteiger partial charge on any atom is 0.244 e.